The van der Waals surface area contributed by atoms with Gasteiger partial charge in [0.25, 0.3) is 11.8 Å². The van der Waals surface area contributed by atoms with Gasteiger partial charge in [0.05, 0.1) is 12.7 Å². The van der Waals surface area contributed by atoms with E-state index < -0.39 is 11.7 Å². The molecule has 1 heterocycles. The molecule has 0 unspecified atom stereocenters. The summed E-state index contributed by atoms with van der Waals surface area (Å²) in [5.41, 5.74) is -0.619. The molecule has 0 aliphatic carbocycles. The van der Waals surface area contributed by atoms with Crippen molar-refractivity contribution in [1.82, 2.24) is 9.80 Å². The Hall–Kier alpha value is -3.23. The number of alkyl halides is 3. The topological polar surface area (TPSA) is 59.1 Å². The van der Waals surface area contributed by atoms with Crippen LogP contribution in [0.5, 0.6) is 11.5 Å². The minimum absolute atomic E-state index is 0.159. The highest BCUT2D eigenvalue weighted by Gasteiger charge is 2.31. The average Bonchev–Trinajstić information content (AvgIpc) is 2.76. The second kappa shape index (κ2) is 9.06. The minimum Gasteiger partial charge on any atom is -0.493 e. The molecule has 0 bridgehead atoms. The number of amides is 2. The number of benzene rings is 2. The Balaban J connectivity index is 1.51. The number of hydrogen-bond donors (Lipinski definition) is 0. The number of ether oxygens (including phenoxy) is 2. The molecule has 30 heavy (non-hydrogen) atoms. The van der Waals surface area contributed by atoms with Gasteiger partial charge in [-0.15, -0.1) is 0 Å². The number of carbonyl (C=O) groups is 2. The van der Waals surface area contributed by atoms with Crippen LogP contribution in [0.1, 0.15) is 15.9 Å². The molecular formula is C21H21F3N2O4. The summed E-state index contributed by atoms with van der Waals surface area (Å²) in [6.45, 7) is 1.06. The first-order valence-electron chi connectivity index (χ1n) is 9.29. The molecule has 160 valence electrons. The fraction of sp³-hybridized carbons (Fsp3) is 0.333. The van der Waals surface area contributed by atoms with Gasteiger partial charge in [-0.05, 0) is 36.4 Å². The van der Waals surface area contributed by atoms with Crippen molar-refractivity contribution in [3.8, 4) is 11.5 Å². The van der Waals surface area contributed by atoms with Gasteiger partial charge in [-0.3, -0.25) is 9.59 Å². The van der Waals surface area contributed by atoms with Crippen LogP contribution in [-0.4, -0.2) is 61.5 Å². The summed E-state index contributed by atoms with van der Waals surface area (Å²) in [7, 11) is 1.51. The van der Waals surface area contributed by atoms with E-state index in [2.05, 4.69) is 0 Å². The van der Waals surface area contributed by atoms with E-state index >= 15 is 0 Å². The SMILES string of the molecule is COc1ccccc1OCC(=O)N1CCN(C(=O)c2ccc(C(F)(F)F)cc2)CC1. The van der Waals surface area contributed by atoms with E-state index in [-0.39, 0.29) is 24.0 Å². The average molecular weight is 422 g/mol. The summed E-state index contributed by atoms with van der Waals surface area (Å²) in [4.78, 5) is 28.0. The Morgan fingerprint density at radius 3 is 2.03 bits per heavy atom. The molecule has 1 aliphatic rings. The summed E-state index contributed by atoms with van der Waals surface area (Å²) >= 11 is 0. The zero-order valence-electron chi connectivity index (χ0n) is 16.3. The van der Waals surface area contributed by atoms with Gasteiger partial charge in [0.2, 0.25) is 0 Å². The molecule has 2 aromatic carbocycles. The van der Waals surface area contributed by atoms with Crippen molar-refractivity contribution in [3.05, 3.63) is 59.7 Å². The summed E-state index contributed by atoms with van der Waals surface area (Å²) in [5.74, 6) is 0.408. The van der Waals surface area contributed by atoms with Crippen LogP contribution in [-0.2, 0) is 11.0 Å². The second-order valence-corrected chi connectivity index (χ2v) is 6.69. The molecule has 2 amide bonds. The van der Waals surface area contributed by atoms with E-state index in [1.807, 2.05) is 0 Å². The number of hydrogen-bond acceptors (Lipinski definition) is 4. The van der Waals surface area contributed by atoms with Crippen LogP contribution in [0.4, 0.5) is 13.2 Å². The van der Waals surface area contributed by atoms with Crippen LogP contribution in [0, 0.1) is 0 Å². The molecule has 2 aromatic rings. The Morgan fingerprint density at radius 1 is 0.900 bits per heavy atom. The highest BCUT2D eigenvalue weighted by molar-refractivity contribution is 5.94. The fourth-order valence-electron chi connectivity index (χ4n) is 3.11. The van der Waals surface area contributed by atoms with E-state index in [1.54, 1.807) is 29.2 Å². The first-order chi connectivity index (χ1) is 14.3. The van der Waals surface area contributed by atoms with Crippen LogP contribution in [0.2, 0.25) is 0 Å². The highest BCUT2D eigenvalue weighted by atomic mass is 19.4. The molecule has 1 saturated heterocycles. The van der Waals surface area contributed by atoms with Gasteiger partial charge in [-0.25, -0.2) is 0 Å². The lowest BCUT2D eigenvalue weighted by Gasteiger charge is -2.34. The fourth-order valence-corrected chi connectivity index (χ4v) is 3.11. The van der Waals surface area contributed by atoms with Crippen LogP contribution in [0.25, 0.3) is 0 Å². The predicted molar refractivity (Wildman–Crippen MR) is 102 cm³/mol. The molecule has 1 fully saturated rings. The van der Waals surface area contributed by atoms with Crippen LogP contribution >= 0.6 is 0 Å². The maximum atomic E-state index is 12.7. The molecule has 3 rings (SSSR count). The van der Waals surface area contributed by atoms with Gasteiger partial charge < -0.3 is 19.3 Å². The zero-order chi connectivity index (χ0) is 21.7. The number of rotatable bonds is 5. The van der Waals surface area contributed by atoms with E-state index in [0.717, 1.165) is 12.1 Å². The van der Waals surface area contributed by atoms with Crippen LogP contribution in [0.3, 0.4) is 0 Å². The van der Waals surface area contributed by atoms with Crippen LogP contribution < -0.4 is 9.47 Å². The number of para-hydroxylation sites is 2. The van der Waals surface area contributed by atoms with Crippen molar-refractivity contribution in [3.63, 3.8) is 0 Å². The number of piperazine rings is 1. The van der Waals surface area contributed by atoms with Crippen molar-refractivity contribution in [1.29, 1.82) is 0 Å². The number of halogens is 3. The molecule has 0 atom stereocenters. The van der Waals surface area contributed by atoms with Gasteiger partial charge in [0, 0.05) is 31.7 Å². The zero-order valence-corrected chi connectivity index (χ0v) is 16.3. The van der Waals surface area contributed by atoms with Gasteiger partial charge in [0.1, 0.15) is 0 Å². The summed E-state index contributed by atoms with van der Waals surface area (Å²) in [6, 6.07) is 11.1. The standard InChI is InChI=1S/C21H21F3N2O4/c1-29-17-4-2-3-5-18(17)30-14-19(27)25-10-12-26(13-11-25)20(28)15-6-8-16(9-7-15)21(22,23)24/h2-9H,10-14H2,1H3. The number of methoxy groups -OCH3 is 1. The van der Waals surface area contributed by atoms with E-state index in [9.17, 15) is 22.8 Å². The Labute approximate surface area is 171 Å². The Morgan fingerprint density at radius 2 is 1.47 bits per heavy atom. The maximum absolute atomic E-state index is 12.7. The van der Waals surface area contributed by atoms with E-state index in [4.69, 9.17) is 9.47 Å². The Bertz CT molecular complexity index is 892. The third kappa shape index (κ3) is 5.03. The third-order valence-electron chi connectivity index (χ3n) is 4.80. The van der Waals surface area contributed by atoms with Crippen molar-refractivity contribution >= 4 is 11.8 Å². The smallest absolute Gasteiger partial charge is 0.416 e. The summed E-state index contributed by atoms with van der Waals surface area (Å²) in [5, 5.41) is 0. The lowest BCUT2D eigenvalue weighted by molar-refractivity contribution is -0.137. The van der Waals surface area contributed by atoms with Crippen molar-refractivity contribution in [2.24, 2.45) is 0 Å². The molecule has 0 N–H and O–H groups in total. The van der Waals surface area contributed by atoms with Gasteiger partial charge in [-0.1, -0.05) is 12.1 Å². The molecular weight excluding hydrogens is 401 g/mol. The molecule has 9 heteroatoms. The van der Waals surface area contributed by atoms with Crippen LogP contribution in [0.15, 0.2) is 48.5 Å². The van der Waals surface area contributed by atoms with Crippen molar-refractivity contribution < 1.29 is 32.2 Å². The van der Waals surface area contributed by atoms with Crippen molar-refractivity contribution in [2.75, 3.05) is 39.9 Å². The van der Waals surface area contributed by atoms with Gasteiger partial charge >= 0.3 is 6.18 Å². The van der Waals surface area contributed by atoms with Gasteiger partial charge in [0.15, 0.2) is 18.1 Å². The number of carbonyl (C=O) groups excluding carboxylic acids is 2. The normalized spacial score (nSPS) is 14.4. The maximum Gasteiger partial charge on any atom is 0.416 e. The first-order valence-corrected chi connectivity index (χ1v) is 9.29. The molecule has 0 radical (unpaired) electrons. The summed E-state index contributed by atoms with van der Waals surface area (Å²) in [6.07, 6.45) is -4.45. The van der Waals surface area contributed by atoms with E-state index in [1.165, 1.54) is 24.1 Å². The second-order valence-electron chi connectivity index (χ2n) is 6.69. The minimum atomic E-state index is -4.45. The largest absolute Gasteiger partial charge is 0.493 e. The summed E-state index contributed by atoms with van der Waals surface area (Å²) < 4.78 is 48.7. The monoisotopic (exact) mass is 422 g/mol. The lowest BCUT2D eigenvalue weighted by Crippen LogP contribution is -2.51. The Kier molecular flexibility index (Phi) is 6.49. The molecule has 1 aliphatic heterocycles. The predicted octanol–water partition coefficient (Wildman–Crippen LogP) is 3.08. The first kappa shape index (κ1) is 21.5. The third-order valence-corrected chi connectivity index (χ3v) is 4.80. The van der Waals surface area contributed by atoms with Gasteiger partial charge in [-0.2, -0.15) is 13.2 Å². The lowest BCUT2D eigenvalue weighted by atomic mass is 10.1. The van der Waals surface area contributed by atoms with E-state index in [0.29, 0.717) is 37.7 Å². The quantitative estimate of drug-likeness (QED) is 0.743. The highest BCUT2D eigenvalue weighted by Crippen LogP contribution is 2.29. The number of nitrogens with zero attached hydrogens (tertiary/aromatic N) is 2. The molecule has 0 aromatic heterocycles. The molecule has 0 saturated carbocycles. The molecule has 6 nitrogen and oxygen atoms in total. The molecule has 0 spiro atoms. The van der Waals surface area contributed by atoms with Crippen molar-refractivity contribution in [2.45, 2.75) is 6.18 Å².